The van der Waals surface area contributed by atoms with Crippen molar-refractivity contribution in [1.29, 1.82) is 0 Å². The van der Waals surface area contributed by atoms with Crippen LogP contribution >= 0.6 is 0 Å². The SMILES string of the molecule is COCCC#CCC(C)O. The summed E-state index contributed by atoms with van der Waals surface area (Å²) in [6, 6.07) is 0. The van der Waals surface area contributed by atoms with Gasteiger partial charge in [0, 0.05) is 20.0 Å². The van der Waals surface area contributed by atoms with E-state index in [1.807, 2.05) is 0 Å². The van der Waals surface area contributed by atoms with Gasteiger partial charge in [-0.1, -0.05) is 0 Å². The van der Waals surface area contributed by atoms with E-state index in [0.29, 0.717) is 13.0 Å². The second-order valence-corrected chi connectivity index (χ2v) is 2.15. The van der Waals surface area contributed by atoms with E-state index in [1.54, 1.807) is 14.0 Å². The van der Waals surface area contributed by atoms with Crippen LogP contribution in [-0.4, -0.2) is 24.9 Å². The summed E-state index contributed by atoms with van der Waals surface area (Å²) in [5, 5.41) is 8.78. The van der Waals surface area contributed by atoms with Crippen molar-refractivity contribution in [1.82, 2.24) is 0 Å². The van der Waals surface area contributed by atoms with E-state index < -0.39 is 0 Å². The van der Waals surface area contributed by atoms with Crippen LogP contribution in [0.1, 0.15) is 19.8 Å². The molecule has 0 heterocycles. The zero-order chi connectivity index (χ0) is 7.82. The van der Waals surface area contributed by atoms with Crippen molar-refractivity contribution in [2.75, 3.05) is 13.7 Å². The molecule has 0 aromatic carbocycles. The Morgan fingerprint density at radius 2 is 2.20 bits per heavy atom. The van der Waals surface area contributed by atoms with E-state index in [4.69, 9.17) is 9.84 Å². The minimum atomic E-state index is -0.310. The molecule has 0 spiro atoms. The molecule has 2 nitrogen and oxygen atoms in total. The maximum Gasteiger partial charge on any atom is 0.0621 e. The zero-order valence-electron chi connectivity index (χ0n) is 6.55. The maximum absolute atomic E-state index is 8.78. The van der Waals surface area contributed by atoms with E-state index in [9.17, 15) is 0 Å². The van der Waals surface area contributed by atoms with Crippen molar-refractivity contribution in [3.63, 3.8) is 0 Å². The van der Waals surface area contributed by atoms with Gasteiger partial charge in [-0.3, -0.25) is 0 Å². The fraction of sp³-hybridized carbons (Fsp3) is 0.750. The summed E-state index contributed by atoms with van der Waals surface area (Å²) < 4.78 is 4.78. The lowest BCUT2D eigenvalue weighted by Crippen LogP contribution is -1.95. The minimum Gasteiger partial charge on any atom is -0.392 e. The molecule has 0 aliphatic rings. The maximum atomic E-state index is 8.78. The Hall–Kier alpha value is -0.520. The topological polar surface area (TPSA) is 29.5 Å². The second kappa shape index (κ2) is 6.60. The first-order chi connectivity index (χ1) is 4.77. The Balaban J connectivity index is 3.14. The Morgan fingerprint density at radius 1 is 1.50 bits per heavy atom. The molecule has 0 rings (SSSR count). The van der Waals surface area contributed by atoms with Gasteiger partial charge in [-0.05, 0) is 6.92 Å². The number of rotatable bonds is 3. The molecule has 0 fully saturated rings. The third-order valence-electron chi connectivity index (χ3n) is 0.954. The molecule has 0 saturated heterocycles. The molecule has 0 amide bonds. The molecule has 1 unspecified atom stereocenters. The molecule has 0 aromatic heterocycles. The van der Waals surface area contributed by atoms with E-state index in [-0.39, 0.29) is 6.10 Å². The number of hydrogen-bond donors (Lipinski definition) is 1. The van der Waals surface area contributed by atoms with Crippen LogP contribution in [0.25, 0.3) is 0 Å². The summed E-state index contributed by atoms with van der Waals surface area (Å²) in [5.41, 5.74) is 0. The lowest BCUT2D eigenvalue weighted by molar-refractivity contribution is 0.200. The van der Waals surface area contributed by atoms with Gasteiger partial charge in [0.05, 0.1) is 12.7 Å². The molecule has 2 heteroatoms. The van der Waals surface area contributed by atoms with Crippen molar-refractivity contribution in [3.8, 4) is 11.8 Å². The predicted octanol–water partition coefficient (Wildman–Crippen LogP) is 0.797. The molecule has 0 saturated carbocycles. The van der Waals surface area contributed by atoms with Gasteiger partial charge in [0.2, 0.25) is 0 Å². The molecule has 10 heavy (non-hydrogen) atoms. The highest BCUT2D eigenvalue weighted by atomic mass is 16.5. The van der Waals surface area contributed by atoms with Crippen molar-refractivity contribution >= 4 is 0 Å². The molecule has 58 valence electrons. The molecule has 1 N–H and O–H groups in total. The highest BCUT2D eigenvalue weighted by Crippen LogP contribution is 1.85. The first-order valence-electron chi connectivity index (χ1n) is 3.40. The Kier molecular flexibility index (Phi) is 6.25. The Bertz CT molecular complexity index is 119. The van der Waals surface area contributed by atoms with E-state index in [0.717, 1.165) is 6.42 Å². The fourth-order valence-electron chi connectivity index (χ4n) is 0.461. The van der Waals surface area contributed by atoms with Crippen LogP contribution in [0.3, 0.4) is 0 Å². The minimum absolute atomic E-state index is 0.310. The molecule has 0 bridgehead atoms. The van der Waals surface area contributed by atoms with Crippen molar-refractivity contribution < 1.29 is 9.84 Å². The average molecular weight is 142 g/mol. The molecule has 0 aliphatic heterocycles. The van der Waals surface area contributed by atoms with Crippen LogP contribution < -0.4 is 0 Å². The smallest absolute Gasteiger partial charge is 0.0621 e. The summed E-state index contributed by atoms with van der Waals surface area (Å²) in [6.45, 7) is 2.40. The van der Waals surface area contributed by atoms with Crippen LogP contribution in [-0.2, 0) is 4.74 Å². The van der Waals surface area contributed by atoms with E-state index >= 15 is 0 Å². The first-order valence-corrected chi connectivity index (χ1v) is 3.40. The Morgan fingerprint density at radius 3 is 2.70 bits per heavy atom. The van der Waals surface area contributed by atoms with Crippen molar-refractivity contribution in [3.05, 3.63) is 0 Å². The molecule has 1 atom stereocenters. The third-order valence-corrected chi connectivity index (χ3v) is 0.954. The summed E-state index contributed by atoms with van der Waals surface area (Å²) in [4.78, 5) is 0. The van der Waals surface area contributed by atoms with E-state index in [2.05, 4.69) is 11.8 Å². The van der Waals surface area contributed by atoms with Gasteiger partial charge < -0.3 is 9.84 Å². The van der Waals surface area contributed by atoms with Gasteiger partial charge in [0.1, 0.15) is 0 Å². The normalized spacial score (nSPS) is 11.9. The van der Waals surface area contributed by atoms with Gasteiger partial charge in [-0.2, -0.15) is 0 Å². The van der Waals surface area contributed by atoms with Gasteiger partial charge in [-0.15, -0.1) is 11.8 Å². The predicted molar refractivity (Wildman–Crippen MR) is 40.6 cm³/mol. The first kappa shape index (κ1) is 9.48. The van der Waals surface area contributed by atoms with Gasteiger partial charge in [0.25, 0.3) is 0 Å². The largest absolute Gasteiger partial charge is 0.392 e. The number of methoxy groups -OCH3 is 1. The molecule has 0 aromatic rings. The summed E-state index contributed by atoms with van der Waals surface area (Å²) in [6.07, 6.45) is 1.00. The fourth-order valence-corrected chi connectivity index (χ4v) is 0.461. The van der Waals surface area contributed by atoms with Crippen molar-refractivity contribution in [2.45, 2.75) is 25.9 Å². The summed E-state index contributed by atoms with van der Waals surface area (Å²) in [7, 11) is 1.65. The number of aliphatic hydroxyl groups excluding tert-OH is 1. The standard InChI is InChI=1S/C8H14O2/c1-8(9)6-4-3-5-7-10-2/h8-9H,5-7H2,1-2H3. The van der Waals surface area contributed by atoms with Gasteiger partial charge in [0.15, 0.2) is 0 Å². The second-order valence-electron chi connectivity index (χ2n) is 2.15. The number of ether oxygens (including phenoxy) is 1. The highest BCUT2D eigenvalue weighted by Gasteiger charge is 1.87. The average Bonchev–Trinajstić information content (AvgIpc) is 1.87. The molecular weight excluding hydrogens is 128 g/mol. The van der Waals surface area contributed by atoms with Crippen LogP contribution in [0.5, 0.6) is 0 Å². The van der Waals surface area contributed by atoms with Gasteiger partial charge in [-0.25, -0.2) is 0 Å². The van der Waals surface area contributed by atoms with Gasteiger partial charge >= 0.3 is 0 Å². The van der Waals surface area contributed by atoms with E-state index in [1.165, 1.54) is 0 Å². The molecular formula is C8H14O2. The summed E-state index contributed by atoms with van der Waals surface area (Å²) in [5.74, 6) is 5.72. The van der Waals surface area contributed by atoms with Crippen LogP contribution in [0, 0.1) is 11.8 Å². The molecule has 0 radical (unpaired) electrons. The van der Waals surface area contributed by atoms with Crippen LogP contribution in [0.2, 0.25) is 0 Å². The van der Waals surface area contributed by atoms with Crippen LogP contribution in [0.4, 0.5) is 0 Å². The Labute approximate surface area is 62.2 Å². The summed E-state index contributed by atoms with van der Waals surface area (Å²) >= 11 is 0. The monoisotopic (exact) mass is 142 g/mol. The lowest BCUT2D eigenvalue weighted by atomic mass is 10.3. The van der Waals surface area contributed by atoms with Crippen molar-refractivity contribution in [2.24, 2.45) is 0 Å². The van der Waals surface area contributed by atoms with Crippen LogP contribution in [0.15, 0.2) is 0 Å². The highest BCUT2D eigenvalue weighted by molar-refractivity contribution is 4.99. The number of hydrogen-bond acceptors (Lipinski definition) is 2. The third kappa shape index (κ3) is 7.48. The zero-order valence-corrected chi connectivity index (χ0v) is 6.55. The number of aliphatic hydroxyl groups is 1. The lowest BCUT2D eigenvalue weighted by Gasteiger charge is -1.92. The molecule has 0 aliphatic carbocycles. The quantitative estimate of drug-likeness (QED) is 0.466.